The minimum absolute atomic E-state index is 0.518. The van der Waals surface area contributed by atoms with Gasteiger partial charge in [0.15, 0.2) is 0 Å². The molecule has 0 aliphatic carbocycles. The van der Waals surface area contributed by atoms with Crippen LogP contribution in [0.15, 0.2) is 73.9 Å². The normalized spacial score (nSPS) is 11.2. The molecule has 0 saturated heterocycles. The van der Waals surface area contributed by atoms with Gasteiger partial charge < -0.3 is 4.74 Å². The van der Waals surface area contributed by atoms with E-state index in [4.69, 9.17) is 4.74 Å². The first-order valence-corrected chi connectivity index (χ1v) is 7.71. The van der Waals surface area contributed by atoms with Crippen LogP contribution in [0.3, 0.4) is 0 Å². The zero-order valence-corrected chi connectivity index (χ0v) is 13.4. The summed E-state index contributed by atoms with van der Waals surface area (Å²) in [4.78, 5) is 0. The van der Waals surface area contributed by atoms with E-state index in [-0.39, 0.29) is 0 Å². The van der Waals surface area contributed by atoms with Gasteiger partial charge in [0.2, 0.25) is 6.33 Å². The highest BCUT2D eigenvalue weighted by Gasteiger charge is 2.04. The summed E-state index contributed by atoms with van der Waals surface area (Å²) in [5.41, 5.74) is 1.20. The monoisotopic (exact) mass is 305 g/mol. The van der Waals surface area contributed by atoms with Gasteiger partial charge in [-0.2, -0.15) is 0 Å². The van der Waals surface area contributed by atoms with Crippen LogP contribution in [0.5, 0.6) is 5.75 Å². The highest BCUT2D eigenvalue weighted by Crippen LogP contribution is 2.28. The third-order valence-electron chi connectivity index (χ3n) is 3.71. The molecule has 0 N–H and O–H groups in total. The van der Waals surface area contributed by atoms with Crippen LogP contribution in [0.4, 0.5) is 0 Å². The van der Waals surface area contributed by atoms with Gasteiger partial charge >= 0.3 is 0 Å². The van der Waals surface area contributed by atoms with Crippen molar-refractivity contribution in [3.05, 3.63) is 79.4 Å². The Labute approximate surface area is 136 Å². The molecule has 0 aliphatic rings. The first-order chi connectivity index (χ1) is 11.3. The van der Waals surface area contributed by atoms with Crippen molar-refractivity contribution in [2.45, 2.75) is 6.54 Å². The summed E-state index contributed by atoms with van der Waals surface area (Å²) in [6.07, 6.45) is 12.3. The van der Waals surface area contributed by atoms with Gasteiger partial charge in [0, 0.05) is 5.39 Å². The number of hydrogen-bond donors (Lipinski definition) is 0. The minimum atomic E-state index is 0.518. The van der Waals surface area contributed by atoms with E-state index in [1.807, 2.05) is 29.9 Å². The van der Waals surface area contributed by atoms with Gasteiger partial charge in [-0.05, 0) is 23.1 Å². The molecule has 3 rings (SSSR count). The summed E-state index contributed by atoms with van der Waals surface area (Å²) in [7, 11) is 2.02. The van der Waals surface area contributed by atoms with Crippen molar-refractivity contribution in [3.8, 4) is 5.75 Å². The van der Waals surface area contributed by atoms with Crippen LogP contribution in [0, 0.1) is 0 Å². The molecule has 3 nitrogen and oxygen atoms in total. The van der Waals surface area contributed by atoms with Gasteiger partial charge in [-0.1, -0.05) is 49.1 Å². The molecule has 0 saturated carbocycles. The van der Waals surface area contributed by atoms with Crippen molar-refractivity contribution in [3.63, 3.8) is 0 Å². The average molecular weight is 305 g/mol. The summed E-state index contributed by atoms with van der Waals surface area (Å²) in [6.45, 7) is 5.07. The Morgan fingerprint density at radius 1 is 1.17 bits per heavy atom. The second-order valence-corrected chi connectivity index (χ2v) is 5.48. The number of benzene rings is 2. The van der Waals surface area contributed by atoms with E-state index in [9.17, 15) is 0 Å². The summed E-state index contributed by atoms with van der Waals surface area (Å²) < 4.78 is 9.93. The van der Waals surface area contributed by atoms with Crippen LogP contribution in [-0.4, -0.2) is 11.2 Å². The van der Waals surface area contributed by atoms with Gasteiger partial charge in [-0.3, -0.25) is 0 Å². The van der Waals surface area contributed by atoms with Crippen LogP contribution in [-0.2, 0) is 13.6 Å². The first-order valence-electron chi connectivity index (χ1n) is 7.71. The number of ether oxygens (including phenoxy) is 1. The Balaban J connectivity index is 1.87. The fraction of sp³-hybridized carbons (Fsp3) is 0.150. The molecule has 0 atom stereocenters. The predicted octanol–water partition coefficient (Wildman–Crippen LogP) is 3.74. The molecule has 0 fully saturated rings. The summed E-state index contributed by atoms with van der Waals surface area (Å²) in [6, 6.07) is 12.5. The van der Waals surface area contributed by atoms with E-state index in [1.54, 1.807) is 6.08 Å². The van der Waals surface area contributed by atoms with E-state index in [0.717, 1.165) is 17.7 Å². The van der Waals surface area contributed by atoms with Gasteiger partial charge in [-0.25, -0.2) is 9.13 Å². The molecule has 0 bridgehead atoms. The van der Waals surface area contributed by atoms with Crippen molar-refractivity contribution in [1.82, 2.24) is 4.57 Å². The highest BCUT2D eigenvalue weighted by molar-refractivity contribution is 5.94. The summed E-state index contributed by atoms with van der Waals surface area (Å²) in [5.74, 6) is 0.898. The maximum atomic E-state index is 5.75. The van der Waals surface area contributed by atoms with Crippen LogP contribution in [0.2, 0.25) is 0 Å². The number of aryl methyl sites for hydroxylation is 1. The average Bonchev–Trinajstić information content (AvgIpc) is 2.98. The quantitative estimate of drug-likeness (QED) is 0.501. The molecule has 2 aromatic carbocycles. The summed E-state index contributed by atoms with van der Waals surface area (Å²) in [5, 5.41) is 2.33. The highest BCUT2D eigenvalue weighted by atomic mass is 16.5. The van der Waals surface area contributed by atoms with Crippen LogP contribution in [0.1, 0.15) is 5.56 Å². The van der Waals surface area contributed by atoms with Crippen molar-refractivity contribution in [1.29, 1.82) is 0 Å². The molecule has 23 heavy (non-hydrogen) atoms. The molecule has 0 amide bonds. The molecule has 116 valence electrons. The Bertz CT molecular complexity index is 846. The lowest BCUT2D eigenvalue weighted by atomic mass is 10.0. The zero-order chi connectivity index (χ0) is 16.1. The van der Waals surface area contributed by atoms with Crippen LogP contribution >= 0.6 is 0 Å². The van der Waals surface area contributed by atoms with Crippen molar-refractivity contribution < 1.29 is 9.30 Å². The third-order valence-corrected chi connectivity index (χ3v) is 3.71. The van der Waals surface area contributed by atoms with Gasteiger partial charge in [0.05, 0.1) is 7.05 Å². The maximum Gasteiger partial charge on any atom is 0.243 e. The molecule has 1 heterocycles. The fourth-order valence-corrected chi connectivity index (χ4v) is 2.64. The molecular formula is C20H21N2O+. The zero-order valence-electron chi connectivity index (χ0n) is 13.4. The second kappa shape index (κ2) is 6.97. The molecule has 0 unspecified atom stereocenters. The standard InChI is InChI=1S/C20H21N2O/c1-3-15-23-20-11-5-9-18-17(7-4-10-19(18)20)8-6-12-22-14-13-21(2)16-22/h3-11,13-14,16H,1,12,15H2,2H3/q+1/b8-6+. The Hall–Kier alpha value is -2.81. The lowest BCUT2D eigenvalue weighted by molar-refractivity contribution is -0.671. The molecule has 0 radical (unpaired) electrons. The number of fused-ring (bicyclic) bond motifs is 1. The fourth-order valence-electron chi connectivity index (χ4n) is 2.64. The Morgan fingerprint density at radius 3 is 2.78 bits per heavy atom. The lowest BCUT2D eigenvalue weighted by Gasteiger charge is -2.09. The van der Waals surface area contributed by atoms with Crippen molar-refractivity contribution >= 4 is 16.8 Å². The Morgan fingerprint density at radius 2 is 2.00 bits per heavy atom. The number of imidazole rings is 1. The first kappa shape index (κ1) is 15.1. The number of allylic oxidation sites excluding steroid dienone is 1. The van der Waals surface area contributed by atoms with Gasteiger partial charge in [0.25, 0.3) is 0 Å². The van der Waals surface area contributed by atoms with Gasteiger partial charge in [-0.15, -0.1) is 0 Å². The number of hydrogen-bond acceptors (Lipinski definition) is 1. The van der Waals surface area contributed by atoms with E-state index < -0.39 is 0 Å². The van der Waals surface area contributed by atoms with Crippen molar-refractivity contribution in [2.24, 2.45) is 7.05 Å². The lowest BCUT2D eigenvalue weighted by Crippen LogP contribution is -2.23. The second-order valence-electron chi connectivity index (χ2n) is 5.48. The van der Waals surface area contributed by atoms with E-state index >= 15 is 0 Å². The van der Waals surface area contributed by atoms with E-state index in [0.29, 0.717) is 6.61 Å². The molecule has 0 aliphatic heterocycles. The van der Waals surface area contributed by atoms with E-state index in [1.165, 1.54) is 10.9 Å². The predicted molar refractivity (Wildman–Crippen MR) is 94.3 cm³/mol. The number of nitrogens with zero attached hydrogens (tertiary/aromatic N) is 2. The summed E-state index contributed by atoms with van der Waals surface area (Å²) >= 11 is 0. The molecule has 3 heteroatoms. The van der Waals surface area contributed by atoms with Crippen LogP contribution in [0.25, 0.3) is 16.8 Å². The number of aromatic nitrogens is 2. The van der Waals surface area contributed by atoms with Gasteiger partial charge in [0.1, 0.15) is 31.3 Å². The SMILES string of the molecule is C=CCOc1cccc2c(/C=C/Cn3cc[n+](C)c3)cccc12. The van der Waals surface area contributed by atoms with E-state index in [2.05, 4.69) is 60.1 Å². The molecule has 1 aromatic heterocycles. The molecule has 3 aromatic rings. The number of rotatable bonds is 6. The Kier molecular flexibility index (Phi) is 4.57. The minimum Gasteiger partial charge on any atom is -0.489 e. The van der Waals surface area contributed by atoms with Crippen LogP contribution < -0.4 is 9.30 Å². The topological polar surface area (TPSA) is 18.0 Å². The molecular weight excluding hydrogens is 284 g/mol. The smallest absolute Gasteiger partial charge is 0.243 e. The molecule has 0 spiro atoms. The largest absolute Gasteiger partial charge is 0.489 e. The third kappa shape index (κ3) is 3.51. The maximum absolute atomic E-state index is 5.75. The van der Waals surface area contributed by atoms with Crippen molar-refractivity contribution in [2.75, 3.05) is 6.61 Å².